The molecule has 0 aliphatic carbocycles. The van der Waals surface area contributed by atoms with Crippen LogP contribution in [-0.2, 0) is 11.0 Å². The summed E-state index contributed by atoms with van der Waals surface area (Å²) >= 11 is 6.62. The summed E-state index contributed by atoms with van der Waals surface area (Å²) in [7, 11) is 0. The van der Waals surface area contributed by atoms with Crippen molar-refractivity contribution >= 4 is 28.5 Å². The Bertz CT molecular complexity index is 529. The first-order valence-corrected chi connectivity index (χ1v) is 6.66. The number of hydrogen-bond donors (Lipinski definition) is 0. The summed E-state index contributed by atoms with van der Waals surface area (Å²) in [5.41, 5.74) is -0.636. The molecule has 0 radical (unpaired) electrons. The molecule has 0 unspecified atom stereocenters. The summed E-state index contributed by atoms with van der Waals surface area (Å²) in [4.78, 5) is 10.6. The highest BCUT2D eigenvalue weighted by Crippen LogP contribution is 2.34. The van der Waals surface area contributed by atoms with Gasteiger partial charge in [-0.05, 0) is 18.2 Å². The van der Waals surface area contributed by atoms with Crippen molar-refractivity contribution in [3.05, 3.63) is 34.3 Å². The zero-order valence-corrected chi connectivity index (χ0v) is 11.5. The minimum Gasteiger partial charge on any atom is -0.288 e. The molecule has 0 atom stereocenters. The highest BCUT2D eigenvalue weighted by atomic mass is 35.5. The van der Waals surface area contributed by atoms with E-state index in [0.717, 1.165) is 17.8 Å². The van der Waals surface area contributed by atoms with E-state index in [0.29, 0.717) is 12.2 Å². The molecule has 0 fully saturated rings. The summed E-state index contributed by atoms with van der Waals surface area (Å²) in [6, 6.07) is 3.54. The lowest BCUT2D eigenvalue weighted by atomic mass is 10.1. The molecule has 6 heteroatoms. The molecule has 0 aliphatic rings. The predicted octanol–water partition coefficient (Wildman–Crippen LogP) is 4.38. The van der Waals surface area contributed by atoms with Gasteiger partial charge in [0.15, 0.2) is 5.12 Å². The van der Waals surface area contributed by atoms with Crippen LogP contribution in [0.4, 0.5) is 13.2 Å². The van der Waals surface area contributed by atoms with Gasteiger partial charge in [-0.2, -0.15) is 13.2 Å². The third-order valence-electron chi connectivity index (χ3n) is 2.04. The molecule has 1 aromatic carbocycles. The van der Waals surface area contributed by atoms with Crippen LogP contribution in [0.3, 0.4) is 0 Å². The van der Waals surface area contributed by atoms with Gasteiger partial charge < -0.3 is 0 Å². The van der Waals surface area contributed by atoms with E-state index in [1.165, 1.54) is 19.1 Å². The zero-order chi connectivity index (χ0) is 14.5. The molecule has 1 rings (SSSR count). The van der Waals surface area contributed by atoms with Gasteiger partial charge in [0.05, 0.1) is 10.6 Å². The first-order valence-electron chi connectivity index (χ1n) is 5.29. The number of rotatable bonds is 2. The Morgan fingerprint density at radius 2 is 2.11 bits per heavy atom. The second-order valence-electron chi connectivity index (χ2n) is 3.58. The maximum absolute atomic E-state index is 12.6. The van der Waals surface area contributed by atoms with E-state index in [-0.39, 0.29) is 15.7 Å². The fourth-order valence-electron chi connectivity index (χ4n) is 1.23. The molecule has 1 nitrogen and oxygen atoms in total. The van der Waals surface area contributed by atoms with Gasteiger partial charge in [-0.3, -0.25) is 4.79 Å². The van der Waals surface area contributed by atoms with Crippen molar-refractivity contribution in [2.24, 2.45) is 0 Å². The number of carbonyl (C=O) groups excluding carboxylic acids is 1. The van der Waals surface area contributed by atoms with Gasteiger partial charge in [-0.25, -0.2) is 0 Å². The molecule has 0 bridgehead atoms. The van der Waals surface area contributed by atoms with Crippen LogP contribution >= 0.6 is 23.4 Å². The number of carbonyl (C=O) groups is 1. The first-order chi connectivity index (χ1) is 8.80. The van der Waals surface area contributed by atoms with Crippen molar-refractivity contribution in [1.82, 2.24) is 0 Å². The van der Waals surface area contributed by atoms with E-state index >= 15 is 0 Å². The highest BCUT2D eigenvalue weighted by molar-refractivity contribution is 8.13. The molecule has 0 N–H and O–H groups in total. The van der Waals surface area contributed by atoms with E-state index in [2.05, 4.69) is 11.8 Å². The lowest BCUT2D eigenvalue weighted by molar-refractivity contribution is -0.137. The van der Waals surface area contributed by atoms with Crippen LogP contribution < -0.4 is 0 Å². The Morgan fingerprint density at radius 1 is 1.42 bits per heavy atom. The fraction of sp³-hybridized carbons (Fsp3) is 0.308. The van der Waals surface area contributed by atoms with E-state index in [4.69, 9.17) is 11.6 Å². The van der Waals surface area contributed by atoms with Crippen molar-refractivity contribution in [3.8, 4) is 11.8 Å². The Hall–Kier alpha value is -1.12. The lowest BCUT2D eigenvalue weighted by Crippen LogP contribution is -2.06. The van der Waals surface area contributed by atoms with Crippen LogP contribution in [0.1, 0.15) is 24.5 Å². The standard InChI is InChI=1S/C13H10ClF3OS/c1-9(18)19-7-3-2-4-10-5-6-12(14)11(8-10)13(15,16)17/h5-6,8H,3,7H2,1H3. The monoisotopic (exact) mass is 306 g/mol. The van der Waals surface area contributed by atoms with Gasteiger partial charge in [0.25, 0.3) is 0 Å². The molecular weight excluding hydrogens is 297 g/mol. The van der Waals surface area contributed by atoms with Gasteiger partial charge in [-0.15, -0.1) is 0 Å². The Balaban J connectivity index is 2.75. The van der Waals surface area contributed by atoms with Crippen LogP contribution in [0.25, 0.3) is 0 Å². The molecule has 0 saturated heterocycles. The Kier molecular flexibility index (Phi) is 5.77. The average Bonchev–Trinajstić information content (AvgIpc) is 2.28. The van der Waals surface area contributed by atoms with Gasteiger partial charge >= 0.3 is 6.18 Å². The normalized spacial score (nSPS) is 10.8. The Morgan fingerprint density at radius 3 is 2.68 bits per heavy atom. The molecule has 0 aliphatic heterocycles. The number of alkyl halides is 3. The zero-order valence-electron chi connectivity index (χ0n) is 9.97. The minimum absolute atomic E-state index is 0.00681. The molecule has 0 spiro atoms. The van der Waals surface area contributed by atoms with Crippen LogP contribution in [0.15, 0.2) is 18.2 Å². The van der Waals surface area contributed by atoms with Crippen LogP contribution in [0.2, 0.25) is 5.02 Å². The summed E-state index contributed by atoms with van der Waals surface area (Å²) in [5.74, 6) is 5.88. The van der Waals surface area contributed by atoms with Crippen LogP contribution in [0.5, 0.6) is 0 Å². The van der Waals surface area contributed by atoms with E-state index in [9.17, 15) is 18.0 Å². The highest BCUT2D eigenvalue weighted by Gasteiger charge is 2.33. The van der Waals surface area contributed by atoms with Crippen LogP contribution in [0, 0.1) is 11.8 Å². The maximum atomic E-state index is 12.6. The maximum Gasteiger partial charge on any atom is 0.417 e. The van der Waals surface area contributed by atoms with Crippen molar-refractivity contribution in [2.45, 2.75) is 19.5 Å². The number of hydrogen-bond acceptors (Lipinski definition) is 2. The number of thioether (sulfide) groups is 1. The second kappa shape index (κ2) is 6.88. The molecular formula is C13H10ClF3OS. The molecule has 19 heavy (non-hydrogen) atoms. The Labute approximate surface area is 118 Å². The summed E-state index contributed by atoms with van der Waals surface area (Å²) in [5, 5.41) is -0.349. The largest absolute Gasteiger partial charge is 0.417 e. The summed E-state index contributed by atoms with van der Waals surface area (Å²) in [6.45, 7) is 1.45. The number of benzene rings is 1. The van der Waals surface area contributed by atoms with Gasteiger partial charge in [0.2, 0.25) is 0 Å². The molecule has 0 saturated carbocycles. The quantitative estimate of drug-likeness (QED) is 0.596. The van der Waals surface area contributed by atoms with Crippen LogP contribution in [-0.4, -0.2) is 10.9 Å². The smallest absolute Gasteiger partial charge is 0.288 e. The number of halogens is 4. The van der Waals surface area contributed by atoms with Crippen molar-refractivity contribution in [2.75, 3.05) is 5.75 Å². The summed E-state index contributed by atoms with van der Waals surface area (Å²) in [6.07, 6.45) is -4.05. The van der Waals surface area contributed by atoms with Gasteiger partial charge in [-0.1, -0.05) is 35.2 Å². The molecule has 0 amide bonds. The predicted molar refractivity (Wildman–Crippen MR) is 71.1 cm³/mol. The van der Waals surface area contributed by atoms with Crippen molar-refractivity contribution < 1.29 is 18.0 Å². The minimum atomic E-state index is -4.49. The molecule has 1 aromatic rings. The first kappa shape index (κ1) is 15.9. The van der Waals surface area contributed by atoms with Gasteiger partial charge in [0, 0.05) is 24.7 Å². The average molecular weight is 307 g/mol. The van der Waals surface area contributed by atoms with E-state index in [1.807, 2.05) is 0 Å². The van der Waals surface area contributed by atoms with Gasteiger partial charge in [0.1, 0.15) is 0 Å². The topological polar surface area (TPSA) is 17.1 Å². The third-order valence-corrected chi connectivity index (χ3v) is 3.18. The second-order valence-corrected chi connectivity index (χ2v) is 5.26. The third kappa shape index (κ3) is 5.58. The SMILES string of the molecule is CC(=O)SCCC#Cc1ccc(Cl)c(C(F)(F)F)c1. The van der Waals surface area contributed by atoms with Crippen molar-refractivity contribution in [1.29, 1.82) is 0 Å². The molecule has 102 valence electrons. The summed E-state index contributed by atoms with van der Waals surface area (Å²) < 4.78 is 37.8. The van der Waals surface area contributed by atoms with Crippen molar-refractivity contribution in [3.63, 3.8) is 0 Å². The fourth-order valence-corrected chi connectivity index (χ4v) is 1.95. The van der Waals surface area contributed by atoms with E-state index < -0.39 is 11.7 Å². The molecule has 0 heterocycles. The lowest BCUT2D eigenvalue weighted by Gasteiger charge is -2.08. The molecule has 0 aromatic heterocycles. The van der Waals surface area contributed by atoms with E-state index in [1.54, 1.807) is 0 Å².